The number of halogens is 2. The second-order valence-corrected chi connectivity index (χ2v) is 12.1. The molecule has 4 heterocycles. The van der Waals surface area contributed by atoms with Crippen LogP contribution >= 0.6 is 0 Å². The van der Waals surface area contributed by atoms with Gasteiger partial charge in [-0.25, -0.2) is 28.3 Å². The third kappa shape index (κ3) is 7.90. The summed E-state index contributed by atoms with van der Waals surface area (Å²) in [6, 6.07) is 3.23. The highest BCUT2D eigenvalue weighted by atomic mass is 32.2. The zero-order valence-electron chi connectivity index (χ0n) is 24.1. The lowest BCUT2D eigenvalue weighted by Gasteiger charge is -2.34. The van der Waals surface area contributed by atoms with Crippen LogP contribution in [0, 0.1) is 5.82 Å². The summed E-state index contributed by atoms with van der Waals surface area (Å²) in [4.78, 5) is 22.1. The van der Waals surface area contributed by atoms with E-state index in [4.69, 9.17) is 9.26 Å². The molecule has 13 nitrogen and oxygen atoms in total. The number of anilines is 1. The monoisotopic (exact) mass is 618 g/mol. The van der Waals surface area contributed by atoms with Crippen molar-refractivity contribution in [2.45, 2.75) is 39.8 Å². The number of hydrogen-bond donors (Lipinski definition) is 1. The number of rotatable bonds is 9. The molecule has 0 spiro atoms. The zero-order chi connectivity index (χ0) is 31.4. The zero-order valence-corrected chi connectivity index (χ0v) is 24.9. The maximum Gasteiger partial charge on any atom is 0.422 e. The lowest BCUT2D eigenvalue weighted by atomic mass is 10.2. The summed E-state index contributed by atoms with van der Waals surface area (Å²) in [6.45, 7) is 10.1. The van der Waals surface area contributed by atoms with Gasteiger partial charge in [0.1, 0.15) is 29.1 Å². The molecule has 1 amide bonds. The van der Waals surface area contributed by atoms with Gasteiger partial charge in [0, 0.05) is 37.8 Å². The van der Waals surface area contributed by atoms with Crippen LogP contribution in [0.3, 0.4) is 0 Å². The van der Waals surface area contributed by atoms with E-state index in [1.54, 1.807) is 63.0 Å². The van der Waals surface area contributed by atoms with Crippen LogP contribution < -0.4 is 9.62 Å². The molecule has 3 aromatic rings. The third-order valence-electron chi connectivity index (χ3n) is 6.08. The molecule has 4 rings (SSSR count). The van der Waals surface area contributed by atoms with Crippen LogP contribution in [0.4, 0.5) is 19.4 Å². The highest BCUT2D eigenvalue weighted by Crippen LogP contribution is 2.28. The summed E-state index contributed by atoms with van der Waals surface area (Å²) in [7, 11) is -4.18. The lowest BCUT2D eigenvalue weighted by Crippen LogP contribution is -2.53. The largest absolute Gasteiger partial charge is 0.443 e. The van der Waals surface area contributed by atoms with Gasteiger partial charge in [-0.1, -0.05) is 30.0 Å². The first-order valence-electron chi connectivity index (χ1n) is 13.2. The van der Waals surface area contributed by atoms with Crippen LogP contribution in [-0.4, -0.2) is 75.5 Å². The number of nitrogens with zero attached hydrogens (tertiary/aromatic N) is 7. The van der Waals surface area contributed by atoms with Gasteiger partial charge < -0.3 is 14.2 Å². The van der Waals surface area contributed by atoms with Crippen LogP contribution in [0.2, 0.25) is 0 Å². The smallest absolute Gasteiger partial charge is 0.422 e. The third-order valence-corrected chi connectivity index (χ3v) is 7.55. The van der Waals surface area contributed by atoms with E-state index < -0.39 is 33.5 Å². The molecular weight excluding hydrogens is 586 g/mol. The summed E-state index contributed by atoms with van der Waals surface area (Å²) in [6.07, 6.45) is 6.29. The fraction of sp³-hybridized carbons (Fsp3) is 0.370. The van der Waals surface area contributed by atoms with E-state index in [0.29, 0.717) is 11.4 Å². The molecule has 0 unspecified atom stereocenters. The number of ether oxygens (including phenoxy) is 1. The maximum atomic E-state index is 14.9. The maximum absolute atomic E-state index is 14.9. The second-order valence-electron chi connectivity index (χ2n) is 10.4. The van der Waals surface area contributed by atoms with Gasteiger partial charge in [-0.15, -0.1) is 0 Å². The normalized spacial score (nSPS) is 15.2. The minimum Gasteiger partial charge on any atom is -0.443 e. The van der Waals surface area contributed by atoms with Crippen molar-refractivity contribution in [3.8, 4) is 22.9 Å². The first-order valence-corrected chi connectivity index (χ1v) is 14.7. The summed E-state index contributed by atoms with van der Waals surface area (Å²) in [5.74, 6) is -1.32. The number of allylic oxidation sites excluding steroid dienone is 5. The van der Waals surface area contributed by atoms with Crippen LogP contribution in [0.25, 0.3) is 22.9 Å². The van der Waals surface area contributed by atoms with Crippen LogP contribution in [0.15, 0.2) is 65.3 Å². The Morgan fingerprint density at radius 2 is 1.95 bits per heavy atom. The van der Waals surface area contributed by atoms with Gasteiger partial charge in [-0.2, -0.15) is 17.8 Å². The Bertz CT molecular complexity index is 1640. The van der Waals surface area contributed by atoms with Gasteiger partial charge in [-0.05, 0) is 33.8 Å². The molecule has 1 aliphatic rings. The molecule has 0 aromatic carbocycles. The Kier molecular flexibility index (Phi) is 9.40. The summed E-state index contributed by atoms with van der Waals surface area (Å²) in [5, 5.41) is 8.49. The molecule has 0 atom stereocenters. The molecule has 230 valence electrons. The van der Waals surface area contributed by atoms with Crippen molar-refractivity contribution >= 4 is 22.1 Å². The molecule has 0 saturated carbocycles. The number of amides is 1. The minimum absolute atomic E-state index is 0.00365. The SMILES string of the molecule is C=C(F)/C(=C\C=C/C)Cn1nc(-c2ncc(F)c(N3CCN(S(=O)(=O)NC(=O)OC(C)(C)C)CC3)n2)cc1-c1ccon1. The number of nitrogens with one attached hydrogen (secondary N) is 1. The fourth-order valence-corrected chi connectivity index (χ4v) is 5.14. The second kappa shape index (κ2) is 12.8. The predicted octanol–water partition coefficient (Wildman–Crippen LogP) is 4.01. The highest BCUT2D eigenvalue weighted by molar-refractivity contribution is 7.87. The molecule has 0 aliphatic carbocycles. The van der Waals surface area contributed by atoms with Gasteiger partial charge in [0.15, 0.2) is 17.5 Å². The van der Waals surface area contributed by atoms with Crippen molar-refractivity contribution in [3.63, 3.8) is 0 Å². The number of hydrogen-bond acceptors (Lipinski definition) is 10. The average Bonchev–Trinajstić information content (AvgIpc) is 3.60. The van der Waals surface area contributed by atoms with Crippen molar-refractivity contribution in [1.82, 2.24) is 33.9 Å². The van der Waals surface area contributed by atoms with Crippen LogP contribution in [0.5, 0.6) is 0 Å². The Morgan fingerprint density at radius 1 is 1.23 bits per heavy atom. The number of carbonyl (C=O) groups is 1. The predicted molar refractivity (Wildman–Crippen MR) is 154 cm³/mol. The van der Waals surface area contributed by atoms with Crippen LogP contribution in [0.1, 0.15) is 27.7 Å². The molecular formula is C27H32F2N8O5S. The molecule has 1 aliphatic heterocycles. The van der Waals surface area contributed by atoms with Crippen molar-refractivity contribution in [3.05, 3.63) is 66.6 Å². The Labute approximate surface area is 247 Å². The summed E-state index contributed by atoms with van der Waals surface area (Å²) in [5.41, 5.74) is 0.555. The fourth-order valence-electron chi connectivity index (χ4n) is 4.11. The standard InChI is InChI=1S/C27H32F2N8O5S/c1-6-7-8-19(18(2)28)17-37-23(21-9-14-41-33-21)15-22(32-37)24-30-16-20(29)25(31-24)35-10-12-36(13-11-35)43(39,40)34-26(38)42-27(3,4)5/h6-9,14-16H,2,10-13,17H2,1,3-5H3,(H,34,38)/b7-6-,19-8-. The quantitative estimate of drug-likeness (QED) is 0.349. The Hall–Kier alpha value is -4.44. The first kappa shape index (κ1) is 31.5. The summed E-state index contributed by atoms with van der Waals surface area (Å²) < 4.78 is 68.9. The molecule has 43 heavy (non-hydrogen) atoms. The van der Waals surface area contributed by atoms with Crippen molar-refractivity contribution in [1.29, 1.82) is 0 Å². The number of carbonyl (C=O) groups excluding carboxylic acids is 1. The van der Waals surface area contributed by atoms with E-state index in [1.165, 1.54) is 10.9 Å². The number of piperazine rings is 1. The Morgan fingerprint density at radius 3 is 2.56 bits per heavy atom. The molecule has 3 aromatic heterocycles. The van der Waals surface area contributed by atoms with E-state index >= 15 is 0 Å². The van der Waals surface area contributed by atoms with E-state index in [1.807, 2.05) is 4.72 Å². The Balaban J connectivity index is 1.56. The van der Waals surface area contributed by atoms with Gasteiger partial charge >= 0.3 is 16.3 Å². The van der Waals surface area contributed by atoms with E-state index in [-0.39, 0.29) is 55.6 Å². The van der Waals surface area contributed by atoms with Crippen LogP contribution in [-0.2, 0) is 21.5 Å². The number of aromatic nitrogens is 5. The molecule has 1 saturated heterocycles. The minimum atomic E-state index is -4.18. The van der Waals surface area contributed by atoms with E-state index in [0.717, 1.165) is 10.5 Å². The molecule has 0 radical (unpaired) electrons. The highest BCUT2D eigenvalue weighted by Gasteiger charge is 2.31. The van der Waals surface area contributed by atoms with Crippen molar-refractivity contribution < 1.29 is 31.3 Å². The molecule has 16 heteroatoms. The van der Waals surface area contributed by atoms with Crippen molar-refractivity contribution in [2.75, 3.05) is 31.1 Å². The van der Waals surface area contributed by atoms with E-state index in [9.17, 15) is 22.0 Å². The molecule has 1 fully saturated rings. The molecule has 0 bridgehead atoms. The first-order chi connectivity index (χ1) is 20.3. The topological polar surface area (TPSA) is 149 Å². The van der Waals surface area contributed by atoms with Gasteiger partial charge in [0.05, 0.1) is 18.4 Å². The van der Waals surface area contributed by atoms with Crippen molar-refractivity contribution in [2.24, 2.45) is 0 Å². The van der Waals surface area contributed by atoms with Gasteiger partial charge in [-0.3, -0.25) is 4.68 Å². The molecule has 1 N–H and O–H groups in total. The lowest BCUT2D eigenvalue weighted by molar-refractivity contribution is 0.0567. The van der Waals surface area contributed by atoms with Gasteiger partial charge in [0.2, 0.25) is 0 Å². The van der Waals surface area contributed by atoms with Gasteiger partial charge in [0.25, 0.3) is 0 Å². The average molecular weight is 619 g/mol. The van der Waals surface area contributed by atoms with E-state index in [2.05, 4.69) is 26.8 Å². The summed E-state index contributed by atoms with van der Waals surface area (Å²) >= 11 is 0.